The van der Waals surface area contributed by atoms with Crippen molar-refractivity contribution in [2.75, 3.05) is 6.54 Å². The Bertz CT molecular complexity index is 319. The molecule has 0 spiro atoms. The van der Waals surface area contributed by atoms with E-state index in [0.29, 0.717) is 0 Å². The van der Waals surface area contributed by atoms with Gasteiger partial charge in [-0.05, 0) is 6.07 Å². The van der Waals surface area contributed by atoms with Gasteiger partial charge in [0.05, 0.1) is 16.6 Å². The maximum absolute atomic E-state index is 10.5. The summed E-state index contributed by atoms with van der Waals surface area (Å²) in [6.07, 6.45) is -0.971. The van der Waals surface area contributed by atoms with Crippen LogP contribution in [0.25, 0.3) is 0 Å². The van der Waals surface area contributed by atoms with Crippen LogP contribution in [-0.2, 0) is 0 Å². The lowest BCUT2D eigenvalue weighted by Crippen LogP contribution is -2.12. The Morgan fingerprint density at radius 2 is 2.07 bits per heavy atom. The molecule has 14 heavy (non-hydrogen) atoms. The molecule has 0 amide bonds. The van der Waals surface area contributed by atoms with Gasteiger partial charge in [-0.3, -0.25) is 10.1 Å². The summed E-state index contributed by atoms with van der Waals surface area (Å²) in [5.74, 6) is 0. The van der Waals surface area contributed by atoms with E-state index in [0.717, 1.165) is 0 Å². The fourth-order valence-electron chi connectivity index (χ4n) is 1.06. The standard InChI is InChI=1S/C8H10N2O3.ClH/c9-5-8(11)6-3-1-2-4-7(6)10(12)13;/h1-4,8,11H,5,9H2;1H. The molecule has 0 bridgehead atoms. The number of halogens is 1. The zero-order valence-electron chi connectivity index (χ0n) is 7.29. The molecule has 78 valence electrons. The summed E-state index contributed by atoms with van der Waals surface area (Å²) in [4.78, 5) is 9.96. The van der Waals surface area contributed by atoms with Crippen molar-refractivity contribution in [3.63, 3.8) is 0 Å². The van der Waals surface area contributed by atoms with Crippen molar-refractivity contribution in [1.29, 1.82) is 0 Å². The van der Waals surface area contributed by atoms with Gasteiger partial charge in [-0.15, -0.1) is 12.4 Å². The van der Waals surface area contributed by atoms with E-state index in [2.05, 4.69) is 0 Å². The predicted octanol–water partition coefficient (Wildman–Crippen LogP) is 1.01. The highest BCUT2D eigenvalue weighted by Gasteiger charge is 2.17. The van der Waals surface area contributed by atoms with Gasteiger partial charge in [0, 0.05) is 12.6 Å². The first kappa shape index (κ1) is 12.8. The normalized spacial score (nSPS) is 11.6. The van der Waals surface area contributed by atoms with E-state index in [1.807, 2.05) is 0 Å². The Morgan fingerprint density at radius 3 is 2.57 bits per heavy atom. The van der Waals surface area contributed by atoms with Crippen molar-refractivity contribution in [3.8, 4) is 0 Å². The van der Waals surface area contributed by atoms with Crippen LogP contribution < -0.4 is 5.73 Å². The Morgan fingerprint density at radius 1 is 1.50 bits per heavy atom. The van der Waals surface area contributed by atoms with E-state index in [9.17, 15) is 15.2 Å². The molecule has 0 heterocycles. The minimum atomic E-state index is -0.971. The van der Waals surface area contributed by atoms with Crippen LogP contribution >= 0.6 is 12.4 Å². The van der Waals surface area contributed by atoms with Crippen LogP contribution in [0.1, 0.15) is 11.7 Å². The van der Waals surface area contributed by atoms with Crippen molar-refractivity contribution in [2.24, 2.45) is 5.73 Å². The SMILES string of the molecule is Cl.NCC(O)c1ccccc1[N+](=O)[O-]. The first-order valence-corrected chi connectivity index (χ1v) is 3.78. The molecule has 1 rings (SSSR count). The predicted molar refractivity (Wildman–Crippen MR) is 54.4 cm³/mol. The molecule has 5 nitrogen and oxygen atoms in total. The van der Waals surface area contributed by atoms with Crippen LogP contribution in [0.15, 0.2) is 24.3 Å². The van der Waals surface area contributed by atoms with Gasteiger partial charge in [0.25, 0.3) is 5.69 Å². The van der Waals surface area contributed by atoms with Crippen LogP contribution in [-0.4, -0.2) is 16.6 Å². The van der Waals surface area contributed by atoms with Gasteiger partial charge in [-0.1, -0.05) is 12.1 Å². The monoisotopic (exact) mass is 218 g/mol. The number of nitro groups is 1. The molecule has 1 unspecified atom stereocenters. The lowest BCUT2D eigenvalue weighted by atomic mass is 10.1. The molecule has 0 radical (unpaired) electrons. The van der Waals surface area contributed by atoms with Gasteiger partial charge in [-0.2, -0.15) is 0 Å². The zero-order chi connectivity index (χ0) is 9.84. The molecule has 0 saturated carbocycles. The highest BCUT2D eigenvalue weighted by Crippen LogP contribution is 2.23. The second-order valence-electron chi connectivity index (χ2n) is 2.57. The Labute approximate surface area is 87.1 Å². The number of aliphatic hydroxyl groups is 1. The summed E-state index contributed by atoms with van der Waals surface area (Å²) >= 11 is 0. The maximum Gasteiger partial charge on any atom is 0.275 e. The van der Waals surface area contributed by atoms with Crippen molar-refractivity contribution in [1.82, 2.24) is 0 Å². The average molecular weight is 219 g/mol. The number of para-hydroxylation sites is 1. The minimum Gasteiger partial charge on any atom is -0.387 e. The smallest absolute Gasteiger partial charge is 0.275 e. The van der Waals surface area contributed by atoms with Crippen LogP contribution in [0.5, 0.6) is 0 Å². The molecule has 0 aliphatic heterocycles. The number of aliphatic hydroxyl groups excluding tert-OH is 1. The van der Waals surface area contributed by atoms with Gasteiger partial charge >= 0.3 is 0 Å². The second kappa shape index (κ2) is 5.54. The Hall–Kier alpha value is -1.17. The molecule has 3 N–H and O–H groups in total. The van der Waals surface area contributed by atoms with Gasteiger partial charge in [0.1, 0.15) is 0 Å². The topological polar surface area (TPSA) is 89.4 Å². The fourth-order valence-corrected chi connectivity index (χ4v) is 1.06. The first-order chi connectivity index (χ1) is 6.16. The summed E-state index contributed by atoms with van der Waals surface area (Å²) in [7, 11) is 0. The average Bonchev–Trinajstić information content (AvgIpc) is 2.16. The fraction of sp³-hybridized carbons (Fsp3) is 0.250. The molecule has 0 aliphatic rings. The number of rotatable bonds is 3. The molecule has 0 fully saturated rings. The highest BCUT2D eigenvalue weighted by molar-refractivity contribution is 5.85. The number of benzene rings is 1. The zero-order valence-corrected chi connectivity index (χ0v) is 8.11. The lowest BCUT2D eigenvalue weighted by Gasteiger charge is -2.07. The molecular weight excluding hydrogens is 208 g/mol. The summed E-state index contributed by atoms with van der Waals surface area (Å²) in [5.41, 5.74) is 5.36. The van der Waals surface area contributed by atoms with Crippen molar-refractivity contribution >= 4 is 18.1 Å². The maximum atomic E-state index is 10.5. The minimum absolute atomic E-state index is 0. The largest absolute Gasteiger partial charge is 0.387 e. The van der Waals surface area contributed by atoms with Crippen LogP contribution in [0.4, 0.5) is 5.69 Å². The van der Waals surface area contributed by atoms with Gasteiger partial charge in [0.2, 0.25) is 0 Å². The number of nitro benzene ring substituents is 1. The molecule has 0 aromatic heterocycles. The van der Waals surface area contributed by atoms with Crippen LogP contribution in [0, 0.1) is 10.1 Å². The Balaban J connectivity index is 0.00000169. The third kappa shape index (κ3) is 2.66. The van der Waals surface area contributed by atoms with Crippen LogP contribution in [0.3, 0.4) is 0 Å². The molecule has 0 saturated heterocycles. The molecular formula is C8H11ClN2O3. The highest BCUT2D eigenvalue weighted by atomic mass is 35.5. The van der Waals surface area contributed by atoms with E-state index >= 15 is 0 Å². The molecule has 1 aromatic carbocycles. The number of nitrogens with zero attached hydrogens (tertiary/aromatic N) is 1. The summed E-state index contributed by atoms with van der Waals surface area (Å²) < 4.78 is 0. The van der Waals surface area contributed by atoms with Crippen molar-refractivity contribution < 1.29 is 10.0 Å². The second-order valence-corrected chi connectivity index (χ2v) is 2.57. The molecule has 6 heteroatoms. The van der Waals surface area contributed by atoms with E-state index in [1.165, 1.54) is 12.1 Å². The number of hydrogen-bond acceptors (Lipinski definition) is 4. The van der Waals surface area contributed by atoms with Gasteiger partial charge < -0.3 is 10.8 Å². The third-order valence-electron chi connectivity index (χ3n) is 1.72. The summed E-state index contributed by atoms with van der Waals surface area (Å²) in [5, 5.41) is 19.8. The number of hydrogen-bond donors (Lipinski definition) is 2. The van der Waals surface area contributed by atoms with Crippen LogP contribution in [0.2, 0.25) is 0 Å². The number of nitrogens with two attached hydrogens (primary N) is 1. The molecule has 1 atom stereocenters. The van der Waals surface area contributed by atoms with Gasteiger partial charge in [-0.25, -0.2) is 0 Å². The van der Waals surface area contributed by atoms with E-state index in [1.54, 1.807) is 12.1 Å². The first-order valence-electron chi connectivity index (χ1n) is 3.78. The van der Waals surface area contributed by atoms with E-state index in [4.69, 9.17) is 5.73 Å². The van der Waals surface area contributed by atoms with E-state index in [-0.39, 0.29) is 30.2 Å². The lowest BCUT2D eigenvalue weighted by molar-refractivity contribution is -0.386. The van der Waals surface area contributed by atoms with Gasteiger partial charge in [0.15, 0.2) is 0 Å². The van der Waals surface area contributed by atoms with E-state index < -0.39 is 11.0 Å². The Kier molecular flexibility index (Phi) is 5.07. The van der Waals surface area contributed by atoms with Crippen molar-refractivity contribution in [3.05, 3.63) is 39.9 Å². The van der Waals surface area contributed by atoms with Crippen molar-refractivity contribution in [2.45, 2.75) is 6.10 Å². The summed E-state index contributed by atoms with van der Waals surface area (Å²) in [6, 6.07) is 6.01. The summed E-state index contributed by atoms with van der Waals surface area (Å²) in [6.45, 7) is -0.0230. The quantitative estimate of drug-likeness (QED) is 0.585. The molecule has 0 aliphatic carbocycles. The third-order valence-corrected chi connectivity index (χ3v) is 1.72. The molecule has 1 aromatic rings.